The smallest absolute Gasteiger partial charge is 0.364 e. The molecular formula is C92H162N4O39. The van der Waals surface area contributed by atoms with E-state index in [1.165, 1.54) is 128 Å². The lowest BCUT2D eigenvalue weighted by Gasteiger charge is -2.53. The van der Waals surface area contributed by atoms with Crippen LogP contribution < -0.4 is 21.3 Å². The van der Waals surface area contributed by atoms with E-state index in [1.54, 1.807) is 6.08 Å². The van der Waals surface area contributed by atoms with Crippen molar-refractivity contribution < 1.29 is 193 Å². The van der Waals surface area contributed by atoms with E-state index in [0.29, 0.717) is 12.8 Å². The van der Waals surface area contributed by atoms with Crippen LogP contribution in [0.3, 0.4) is 0 Å². The van der Waals surface area contributed by atoms with Gasteiger partial charge in [-0.2, -0.15) is 0 Å². The van der Waals surface area contributed by atoms with E-state index in [0.717, 1.165) is 97.8 Å². The Balaban J connectivity index is 1.27. The molecule has 34 atom stereocenters. The molecule has 0 bridgehead atoms. The van der Waals surface area contributed by atoms with E-state index < -0.39 is 302 Å². The molecule has 6 fully saturated rings. The summed E-state index contributed by atoms with van der Waals surface area (Å²) in [4.78, 5) is 80.5. The maximum absolute atomic E-state index is 14.4. The zero-order valence-electron chi connectivity index (χ0n) is 78.9. The average Bonchev–Trinajstić information content (AvgIpc) is 0.741. The van der Waals surface area contributed by atoms with Crippen LogP contribution in [0.2, 0.25) is 0 Å². The summed E-state index contributed by atoms with van der Waals surface area (Å²) >= 11 is 0. The van der Waals surface area contributed by atoms with Crippen LogP contribution in [0.4, 0.5) is 0 Å². The molecule has 784 valence electrons. The maximum Gasteiger partial charge on any atom is 0.364 e. The summed E-state index contributed by atoms with van der Waals surface area (Å²) < 4.78 is 72.3. The molecule has 6 saturated heterocycles. The lowest BCUT2D eigenvalue weighted by molar-refractivity contribution is -0.404. The highest BCUT2D eigenvalue weighted by Gasteiger charge is 2.64. The van der Waals surface area contributed by atoms with Gasteiger partial charge in [0.15, 0.2) is 25.2 Å². The van der Waals surface area contributed by atoms with Crippen molar-refractivity contribution in [2.24, 2.45) is 0 Å². The number of hydrogen-bond acceptors (Lipinski definition) is 37. The molecule has 25 N–H and O–H groups in total. The molecule has 0 aromatic rings. The molecule has 0 aromatic heterocycles. The van der Waals surface area contributed by atoms with Gasteiger partial charge in [0, 0.05) is 40.0 Å². The van der Waals surface area contributed by atoms with Crippen molar-refractivity contribution >= 4 is 35.6 Å². The largest absolute Gasteiger partial charge is 0.477 e. The van der Waals surface area contributed by atoms with Crippen LogP contribution in [0.5, 0.6) is 0 Å². The Morgan fingerprint density at radius 1 is 0.400 bits per heavy atom. The molecule has 0 spiro atoms. The molecule has 12 unspecified atom stereocenters. The molecule has 6 aliphatic rings. The number of carbonyl (C=O) groups is 6. The normalized spacial score (nSPS) is 33.8. The van der Waals surface area contributed by atoms with Gasteiger partial charge in [0.05, 0.1) is 82.7 Å². The third-order valence-corrected chi connectivity index (χ3v) is 25.8. The Bertz CT molecular complexity index is 3400. The second-order valence-corrected chi connectivity index (χ2v) is 36.7. The van der Waals surface area contributed by atoms with Crippen LogP contribution in [-0.2, 0) is 85.6 Å². The first kappa shape index (κ1) is 119. The van der Waals surface area contributed by atoms with E-state index in [9.17, 15) is 136 Å². The summed E-state index contributed by atoms with van der Waals surface area (Å²) in [5.41, 5.74) is 0. The first-order valence-corrected chi connectivity index (χ1v) is 48.9. The number of ether oxygens (including phenoxy) is 12. The molecule has 6 aliphatic heterocycles. The Labute approximate surface area is 790 Å². The Hall–Kier alpha value is -4.94. The Kier molecular flexibility index (Phi) is 55.0. The van der Waals surface area contributed by atoms with Crippen molar-refractivity contribution in [2.45, 2.75) is 473 Å². The molecule has 135 heavy (non-hydrogen) atoms. The van der Waals surface area contributed by atoms with Crippen LogP contribution in [0.15, 0.2) is 24.3 Å². The zero-order valence-corrected chi connectivity index (χ0v) is 78.9. The van der Waals surface area contributed by atoms with Crippen LogP contribution in [0, 0.1) is 0 Å². The van der Waals surface area contributed by atoms with E-state index in [-0.39, 0.29) is 6.42 Å². The molecule has 0 radical (unpaired) electrons. The molecule has 43 heteroatoms. The van der Waals surface area contributed by atoms with E-state index in [2.05, 4.69) is 47.3 Å². The van der Waals surface area contributed by atoms with Crippen LogP contribution in [-0.4, -0.2) is 396 Å². The first-order valence-electron chi connectivity index (χ1n) is 48.9. The van der Waals surface area contributed by atoms with Gasteiger partial charge in [-0.15, -0.1) is 0 Å². The predicted molar refractivity (Wildman–Crippen MR) is 477 cm³/mol. The maximum atomic E-state index is 14.4. The monoisotopic (exact) mass is 1950 g/mol. The quantitative estimate of drug-likeness (QED) is 0.0257. The highest BCUT2D eigenvalue weighted by atomic mass is 16.8. The minimum absolute atomic E-state index is 0.0829. The summed E-state index contributed by atoms with van der Waals surface area (Å²) in [5.74, 6) is -15.0. The number of hydrogen-bond donors (Lipinski definition) is 25. The van der Waals surface area contributed by atoms with Gasteiger partial charge >= 0.3 is 11.9 Å². The van der Waals surface area contributed by atoms with Crippen molar-refractivity contribution in [1.29, 1.82) is 0 Å². The lowest BCUT2D eigenvalue weighted by atomic mass is 9.87. The fraction of sp³-hybridized carbons (Fsp3) is 0.891. The zero-order chi connectivity index (χ0) is 99.5. The minimum atomic E-state index is -3.69. The number of aliphatic carboxylic acids is 2. The number of nitrogens with one attached hydrogen (secondary N) is 4. The van der Waals surface area contributed by atoms with Gasteiger partial charge in [0.2, 0.25) is 23.6 Å². The SMILES string of the molecule is CCCCCCCC/C=C\CCCCCCCCCCCCCCCC(=O)N[C@@H](CO[C@@H]1OC(CO)[C@@H](O[C@@H]2OC(CO)[C@H](O[C@@H]3OC(CO)[C@H](O)[C@H](O[C@@H]4OC(CO)[C@H](O)[C@H](O)C4O)C3NC(C)=O)[C@H](O[C@]3(C(=O)O)CC(O)[C@@H](NC(C)=O)C([C@H](O)[C@@H](CO)O[C@]4(C(=O)O)CC(O)[C@@H](NC(C)=O)C([C@H](O)[C@H](O)CO)O4)O3)C2O)[C@H](O)C1O)[C@H](O)/C=C/CCCCCCCCCCCCC. The summed E-state index contributed by atoms with van der Waals surface area (Å²) in [6.07, 6.45) is -20.0. The minimum Gasteiger partial charge on any atom is -0.477 e. The average molecular weight is 1950 g/mol. The molecule has 4 amide bonds. The Morgan fingerprint density at radius 3 is 1.27 bits per heavy atom. The van der Waals surface area contributed by atoms with Crippen molar-refractivity contribution in [2.75, 3.05) is 46.2 Å². The van der Waals surface area contributed by atoms with E-state index in [1.807, 2.05) is 0 Å². The van der Waals surface area contributed by atoms with Gasteiger partial charge in [0.25, 0.3) is 11.6 Å². The first-order chi connectivity index (χ1) is 64.6. The van der Waals surface area contributed by atoms with Gasteiger partial charge in [-0.1, -0.05) is 205 Å². The van der Waals surface area contributed by atoms with Gasteiger partial charge in [-0.05, 0) is 44.9 Å². The molecule has 0 aliphatic carbocycles. The fourth-order valence-corrected chi connectivity index (χ4v) is 18.0. The topological polar surface area (TPSA) is 686 Å². The van der Waals surface area contributed by atoms with Gasteiger partial charge in [-0.25, -0.2) is 9.59 Å². The van der Waals surface area contributed by atoms with Crippen molar-refractivity contribution in [3.63, 3.8) is 0 Å². The molecule has 43 nitrogen and oxygen atoms in total. The van der Waals surface area contributed by atoms with Crippen molar-refractivity contribution in [1.82, 2.24) is 21.3 Å². The highest BCUT2D eigenvalue weighted by molar-refractivity contribution is 5.78. The third kappa shape index (κ3) is 36.8. The Morgan fingerprint density at radius 2 is 0.793 bits per heavy atom. The van der Waals surface area contributed by atoms with E-state index >= 15 is 0 Å². The second-order valence-electron chi connectivity index (χ2n) is 36.7. The third-order valence-electron chi connectivity index (χ3n) is 25.8. The summed E-state index contributed by atoms with van der Waals surface area (Å²) in [7, 11) is 0. The number of unbranched alkanes of at least 4 members (excludes halogenated alkanes) is 30. The number of aliphatic hydroxyl groups is 19. The summed E-state index contributed by atoms with van der Waals surface area (Å²) in [5, 5.41) is 248. The predicted octanol–water partition coefficient (Wildman–Crippen LogP) is -0.972. The molecule has 6 rings (SSSR count). The number of carboxylic acid groups (broad SMARTS) is 2. The van der Waals surface area contributed by atoms with Crippen LogP contribution in [0.25, 0.3) is 0 Å². The number of aliphatic hydroxyl groups excluding tert-OH is 19. The van der Waals surface area contributed by atoms with Crippen LogP contribution in [0.1, 0.15) is 266 Å². The number of carbonyl (C=O) groups excluding carboxylic acids is 4. The van der Waals surface area contributed by atoms with Gasteiger partial charge in [0.1, 0.15) is 134 Å². The molecular weight excluding hydrogens is 1790 g/mol. The highest BCUT2D eigenvalue weighted by Crippen LogP contribution is 2.43. The second kappa shape index (κ2) is 62.5. The summed E-state index contributed by atoms with van der Waals surface area (Å²) in [6.45, 7) is -0.967. The van der Waals surface area contributed by atoms with Crippen LogP contribution >= 0.6 is 0 Å². The lowest BCUT2D eigenvalue weighted by Crippen LogP contribution is -2.73. The number of allylic oxidation sites excluding steroid dienone is 3. The van der Waals surface area contributed by atoms with Gasteiger partial charge in [-0.3, -0.25) is 19.2 Å². The standard InChI is InChI=1S/C92H162N4O39/c1-6-8-10-12-14-16-18-20-21-22-23-24-25-26-27-28-29-31-33-35-37-39-41-43-66(110)96-56(57(106)42-40-38-36-34-32-30-19-17-15-13-11-9-7-2)52-124-86-77(118)75(116)79(64(50-101)127-86)129-88-78(119)84(80(65(51-102)128-88)130-85-69(95-55(5)105)81(72(113)62(48-99)125-85)131-87-76(117)74(115)71(112)61(47-98)126-87)135-92(90(122)123)45-59(108)68(94-54(4)104)83(134-92)73(114)63(49-100)132-91(89(120)121)44-58(107)67(93-53(3)103)82(133-91)70(111)60(109)46-97/h20-21,40,42,56-65,67-88,97-102,106-109,111-119H,6-19,22-39,41,43-52H2,1-5H3,(H,93,103)(H,94,104)(H,95,105)(H,96,110)(H,120,121)(H,122,123)/b21-20-,42-40+/t56-,57+,58?,59?,60+,61?,62?,63+,64?,65?,67+,68+,69?,70+,71-,72-,73+,74-,75+,76?,77?,78?,79+,80-,81+,82?,83?,84+,85-,86+,87-,88-,91+,92-/m0/s1. The van der Waals surface area contributed by atoms with E-state index in [4.69, 9.17) is 56.8 Å². The number of carboxylic acids is 2. The van der Waals surface area contributed by atoms with Gasteiger partial charge < -0.3 is 185 Å². The van der Waals surface area contributed by atoms with Crippen molar-refractivity contribution in [3.05, 3.63) is 24.3 Å². The summed E-state index contributed by atoms with van der Waals surface area (Å²) in [6, 6.07) is -7.15. The number of rotatable bonds is 66. The number of amides is 4. The molecule has 0 saturated carbocycles. The molecule has 6 heterocycles. The molecule has 0 aromatic carbocycles. The van der Waals surface area contributed by atoms with Crippen molar-refractivity contribution in [3.8, 4) is 0 Å². The fourth-order valence-electron chi connectivity index (χ4n) is 18.0.